The quantitative estimate of drug-likeness (QED) is 0.768. The van der Waals surface area contributed by atoms with Gasteiger partial charge >= 0.3 is 0 Å². The zero-order chi connectivity index (χ0) is 18.1. The molecule has 1 unspecified atom stereocenters. The van der Waals surface area contributed by atoms with E-state index in [2.05, 4.69) is 32.5 Å². The van der Waals surface area contributed by atoms with Crippen LogP contribution in [0.3, 0.4) is 0 Å². The number of carbonyl (C=O) groups excluding carboxylic acids is 1. The van der Waals surface area contributed by atoms with Crippen molar-refractivity contribution < 1.29 is 4.79 Å². The van der Waals surface area contributed by atoms with E-state index in [1.807, 2.05) is 36.4 Å². The van der Waals surface area contributed by atoms with Crippen molar-refractivity contribution in [2.45, 2.75) is 19.4 Å². The molecule has 3 aromatic rings. The van der Waals surface area contributed by atoms with Gasteiger partial charge in [0.15, 0.2) is 5.82 Å². The number of benzene rings is 2. The Hall–Kier alpha value is -2.66. The Labute approximate surface area is 157 Å². The Morgan fingerprint density at radius 2 is 1.85 bits per heavy atom. The molecule has 1 aliphatic heterocycles. The van der Waals surface area contributed by atoms with Crippen molar-refractivity contribution in [3.8, 4) is 11.3 Å². The highest BCUT2D eigenvalue weighted by molar-refractivity contribution is 6.30. The lowest BCUT2D eigenvalue weighted by molar-refractivity contribution is -0.119. The molecule has 4 rings (SSSR count). The summed E-state index contributed by atoms with van der Waals surface area (Å²) in [5.41, 5.74) is 1.83. The molecule has 1 saturated heterocycles. The first-order valence-corrected chi connectivity index (χ1v) is 9.03. The zero-order valence-corrected chi connectivity index (χ0v) is 15.2. The molecule has 1 fully saturated rings. The highest BCUT2D eigenvalue weighted by Gasteiger charge is 2.26. The molecule has 26 heavy (non-hydrogen) atoms. The SMILES string of the molecule is CC(=O)NC1CCN(c2nnc(-c3ccc(Cl)cc3)c3ccccc23)C1. The van der Waals surface area contributed by atoms with Gasteiger partial charge in [0.1, 0.15) is 5.69 Å². The highest BCUT2D eigenvalue weighted by atomic mass is 35.5. The smallest absolute Gasteiger partial charge is 0.217 e. The molecule has 0 bridgehead atoms. The van der Waals surface area contributed by atoms with Gasteiger partial charge in [-0.05, 0) is 18.6 Å². The summed E-state index contributed by atoms with van der Waals surface area (Å²) in [4.78, 5) is 13.5. The normalized spacial score (nSPS) is 16.8. The number of nitrogens with zero attached hydrogens (tertiary/aromatic N) is 3. The van der Waals surface area contributed by atoms with Crippen molar-refractivity contribution >= 4 is 34.1 Å². The van der Waals surface area contributed by atoms with Gasteiger partial charge in [-0.25, -0.2) is 0 Å². The van der Waals surface area contributed by atoms with Crippen molar-refractivity contribution in [1.29, 1.82) is 0 Å². The van der Waals surface area contributed by atoms with Crippen LogP contribution in [-0.4, -0.2) is 35.2 Å². The van der Waals surface area contributed by atoms with Gasteiger partial charge in [-0.2, -0.15) is 0 Å². The molecular weight excluding hydrogens is 348 g/mol. The van der Waals surface area contributed by atoms with Gasteiger partial charge in [0.2, 0.25) is 5.91 Å². The summed E-state index contributed by atoms with van der Waals surface area (Å²) < 4.78 is 0. The fraction of sp³-hybridized carbons (Fsp3) is 0.250. The van der Waals surface area contributed by atoms with Crippen molar-refractivity contribution in [3.05, 3.63) is 53.6 Å². The minimum absolute atomic E-state index is 0.00544. The topological polar surface area (TPSA) is 58.1 Å². The number of carbonyl (C=O) groups is 1. The number of rotatable bonds is 3. The largest absolute Gasteiger partial charge is 0.352 e. The van der Waals surface area contributed by atoms with E-state index in [0.717, 1.165) is 47.4 Å². The monoisotopic (exact) mass is 366 g/mol. The third-order valence-corrected chi connectivity index (χ3v) is 4.93. The van der Waals surface area contributed by atoms with Crippen LogP contribution in [0.15, 0.2) is 48.5 Å². The molecule has 132 valence electrons. The van der Waals surface area contributed by atoms with Crippen molar-refractivity contribution in [1.82, 2.24) is 15.5 Å². The number of hydrogen-bond donors (Lipinski definition) is 1. The molecule has 5 nitrogen and oxygen atoms in total. The second-order valence-corrected chi connectivity index (χ2v) is 6.99. The molecule has 0 saturated carbocycles. The minimum Gasteiger partial charge on any atom is -0.352 e. The molecular formula is C20H19ClN4O. The average Bonchev–Trinajstić information content (AvgIpc) is 3.09. The van der Waals surface area contributed by atoms with E-state index < -0.39 is 0 Å². The summed E-state index contributed by atoms with van der Waals surface area (Å²) in [6, 6.07) is 16.0. The van der Waals surface area contributed by atoms with Crippen LogP contribution < -0.4 is 10.2 Å². The second kappa shape index (κ2) is 6.92. The van der Waals surface area contributed by atoms with Gasteiger partial charge in [0.25, 0.3) is 0 Å². The number of fused-ring (bicyclic) bond motifs is 1. The predicted molar refractivity (Wildman–Crippen MR) is 104 cm³/mol. The Morgan fingerprint density at radius 1 is 1.12 bits per heavy atom. The van der Waals surface area contributed by atoms with E-state index >= 15 is 0 Å². The summed E-state index contributed by atoms with van der Waals surface area (Å²) in [5, 5.41) is 14.9. The molecule has 1 amide bonds. The van der Waals surface area contributed by atoms with E-state index in [1.165, 1.54) is 0 Å². The summed E-state index contributed by atoms with van der Waals surface area (Å²) in [7, 11) is 0. The summed E-state index contributed by atoms with van der Waals surface area (Å²) in [5.74, 6) is 0.872. The predicted octanol–water partition coefficient (Wildman–Crippen LogP) is 3.67. The van der Waals surface area contributed by atoms with Crippen molar-refractivity contribution in [2.75, 3.05) is 18.0 Å². The molecule has 2 aromatic carbocycles. The lowest BCUT2D eigenvalue weighted by Gasteiger charge is -2.20. The third-order valence-electron chi connectivity index (χ3n) is 4.68. The van der Waals surface area contributed by atoms with E-state index in [9.17, 15) is 4.79 Å². The lowest BCUT2D eigenvalue weighted by Crippen LogP contribution is -2.35. The average molecular weight is 367 g/mol. The lowest BCUT2D eigenvalue weighted by atomic mass is 10.0. The maximum atomic E-state index is 11.3. The van der Waals surface area contributed by atoms with Gasteiger partial charge in [0, 0.05) is 47.4 Å². The first kappa shape index (κ1) is 16.8. The number of hydrogen-bond acceptors (Lipinski definition) is 4. The van der Waals surface area contributed by atoms with E-state index in [4.69, 9.17) is 11.6 Å². The standard InChI is InChI=1S/C20H19ClN4O/c1-13(26)22-16-10-11-25(12-16)20-18-5-3-2-4-17(18)19(23-24-20)14-6-8-15(21)9-7-14/h2-9,16H,10-12H2,1H3,(H,22,26). The van der Waals surface area contributed by atoms with Gasteiger partial charge in [-0.15, -0.1) is 10.2 Å². The third kappa shape index (κ3) is 3.22. The van der Waals surface area contributed by atoms with E-state index in [0.29, 0.717) is 5.02 Å². The summed E-state index contributed by atoms with van der Waals surface area (Å²) in [6.45, 7) is 3.15. The van der Waals surface area contributed by atoms with Crippen LogP contribution in [0.5, 0.6) is 0 Å². The van der Waals surface area contributed by atoms with E-state index in [-0.39, 0.29) is 11.9 Å². The maximum Gasteiger partial charge on any atom is 0.217 e. The van der Waals surface area contributed by atoms with E-state index in [1.54, 1.807) is 6.92 Å². The zero-order valence-electron chi connectivity index (χ0n) is 14.4. The minimum atomic E-state index is 0.00544. The molecule has 0 spiro atoms. The van der Waals surface area contributed by atoms with Gasteiger partial charge in [-0.3, -0.25) is 4.79 Å². The molecule has 1 atom stereocenters. The molecule has 0 aliphatic carbocycles. The number of aromatic nitrogens is 2. The second-order valence-electron chi connectivity index (χ2n) is 6.56. The molecule has 2 heterocycles. The Bertz CT molecular complexity index is 958. The fourth-order valence-electron chi connectivity index (χ4n) is 3.50. The number of amides is 1. The van der Waals surface area contributed by atoms with Crippen molar-refractivity contribution in [2.24, 2.45) is 0 Å². The molecule has 0 radical (unpaired) electrons. The van der Waals surface area contributed by atoms with Crippen LogP contribution in [0, 0.1) is 0 Å². The van der Waals surface area contributed by atoms with Gasteiger partial charge < -0.3 is 10.2 Å². The first-order valence-electron chi connectivity index (χ1n) is 8.65. The molecule has 6 heteroatoms. The summed E-state index contributed by atoms with van der Waals surface area (Å²) >= 11 is 6.01. The maximum absolute atomic E-state index is 11.3. The Balaban J connectivity index is 1.73. The van der Waals surface area contributed by atoms with Crippen molar-refractivity contribution in [3.63, 3.8) is 0 Å². The fourth-order valence-corrected chi connectivity index (χ4v) is 3.63. The Morgan fingerprint density at radius 3 is 2.58 bits per heavy atom. The van der Waals surface area contributed by atoms with Crippen LogP contribution in [-0.2, 0) is 4.79 Å². The number of anilines is 1. The summed E-state index contributed by atoms with van der Waals surface area (Å²) in [6.07, 6.45) is 0.911. The first-order chi connectivity index (χ1) is 12.6. The van der Waals surface area contributed by atoms with Crippen LogP contribution in [0.1, 0.15) is 13.3 Å². The van der Waals surface area contributed by atoms with Gasteiger partial charge in [0.05, 0.1) is 0 Å². The molecule has 1 N–H and O–H groups in total. The van der Waals surface area contributed by atoms with Gasteiger partial charge in [-0.1, -0.05) is 48.0 Å². The Kier molecular flexibility index (Phi) is 4.47. The van der Waals surface area contributed by atoms with Crippen LogP contribution in [0.4, 0.5) is 5.82 Å². The van der Waals surface area contributed by atoms with Crippen LogP contribution in [0.25, 0.3) is 22.0 Å². The number of nitrogens with one attached hydrogen (secondary N) is 1. The molecule has 1 aliphatic rings. The molecule has 1 aromatic heterocycles. The van der Waals surface area contributed by atoms with Crippen LogP contribution >= 0.6 is 11.6 Å². The highest BCUT2D eigenvalue weighted by Crippen LogP contribution is 2.33. The van der Waals surface area contributed by atoms with Crippen LogP contribution in [0.2, 0.25) is 5.02 Å². The number of halogens is 1.